The van der Waals surface area contributed by atoms with Gasteiger partial charge in [0.1, 0.15) is 0 Å². The van der Waals surface area contributed by atoms with Crippen molar-refractivity contribution in [3.8, 4) is 0 Å². The molecule has 0 radical (unpaired) electrons. The van der Waals surface area contributed by atoms with Gasteiger partial charge in [0.2, 0.25) is 0 Å². The van der Waals surface area contributed by atoms with Crippen LogP contribution in [0.1, 0.15) is 191 Å². The van der Waals surface area contributed by atoms with E-state index < -0.39 is 79.5 Å². The van der Waals surface area contributed by atoms with E-state index in [4.69, 9.17) is 0 Å². The van der Waals surface area contributed by atoms with Crippen LogP contribution in [0.15, 0.2) is 70.5 Å². The Labute approximate surface area is 540 Å². The number of rotatable bonds is 12. The van der Waals surface area contributed by atoms with Crippen LogP contribution < -0.4 is 0 Å². The first-order valence-corrected chi connectivity index (χ1v) is 35.3. The van der Waals surface area contributed by atoms with Gasteiger partial charge in [0.15, 0.2) is 43.1 Å². The van der Waals surface area contributed by atoms with Gasteiger partial charge >= 0.3 is 24.7 Å². The second-order valence-corrected chi connectivity index (χ2v) is 34.3. The van der Waals surface area contributed by atoms with Gasteiger partial charge in [0.25, 0.3) is 0 Å². The minimum Gasteiger partial charge on any atom is -0.384 e. The summed E-state index contributed by atoms with van der Waals surface area (Å²) in [6.07, 6.45) is -11.8. The zero-order chi connectivity index (χ0) is 64.9. The van der Waals surface area contributed by atoms with Crippen molar-refractivity contribution in [3.63, 3.8) is 0 Å². The lowest BCUT2D eigenvalue weighted by Crippen LogP contribution is -2.59. The molecule has 21 atom stereocenters. The molecule has 3 N–H and O–H groups in total. The summed E-state index contributed by atoms with van der Waals surface area (Å²) in [4.78, 5) is 0.339. The first-order chi connectivity index (χ1) is 40.6. The number of ether oxygens (including phenoxy) is 1. The summed E-state index contributed by atoms with van der Waals surface area (Å²) in [7, 11) is -7.45. The largest absolute Gasteiger partial charge is 0.417 e. The van der Waals surface area contributed by atoms with Crippen molar-refractivity contribution in [2.75, 3.05) is 12.4 Å². The lowest BCUT2D eigenvalue weighted by molar-refractivity contribution is -0.290. The highest BCUT2D eigenvalue weighted by molar-refractivity contribution is 7.92. The second kappa shape index (κ2) is 27.5. The maximum Gasteiger partial charge on any atom is 0.417 e. The number of hydrogen-bond acceptors (Lipinski definition) is 8. The van der Waals surface area contributed by atoms with E-state index >= 15 is 0 Å². The number of halogens is 12. The van der Waals surface area contributed by atoms with Crippen molar-refractivity contribution in [1.29, 1.82) is 0 Å². The van der Waals surface area contributed by atoms with Crippen molar-refractivity contribution in [3.05, 3.63) is 60.7 Å². The molecule has 2 aromatic carbocycles. The van der Waals surface area contributed by atoms with E-state index in [1.54, 1.807) is 30.3 Å². The number of alkyl halides is 12. The molecule has 0 aromatic heterocycles. The molecule has 8 nitrogen and oxygen atoms in total. The fourth-order valence-electron chi connectivity index (χ4n) is 20.6. The first kappa shape index (κ1) is 77.7. The Morgan fingerprint density at radius 1 is 0.527 bits per heavy atom. The lowest BCUT2D eigenvalue weighted by atomic mass is 9.43. The number of aliphatic hydroxyl groups is 3. The fourth-order valence-corrected chi connectivity index (χ4v) is 24.0. The van der Waals surface area contributed by atoms with Crippen molar-refractivity contribution >= 4 is 33.2 Å². The van der Waals surface area contributed by atoms with Crippen LogP contribution in [0.4, 0.5) is 52.7 Å². The average molecular weight is 1370 g/mol. The van der Waals surface area contributed by atoms with Gasteiger partial charge in [-0.3, -0.25) is 0 Å². The predicted molar refractivity (Wildman–Crippen MR) is 332 cm³/mol. The molecule has 8 saturated carbocycles. The molecule has 1 heterocycles. The van der Waals surface area contributed by atoms with Gasteiger partial charge in [-0.05, 0) is 252 Å². The number of epoxide rings is 1. The van der Waals surface area contributed by atoms with Gasteiger partial charge in [-0.15, -0.1) is 0 Å². The normalized spacial score (nSPS) is 39.1. The van der Waals surface area contributed by atoms with Crippen LogP contribution in [-0.2, 0) is 24.4 Å². The Hall–Kier alpha value is -2.31. The van der Waals surface area contributed by atoms with Crippen LogP contribution >= 0.6 is 13.5 Å². The van der Waals surface area contributed by atoms with Crippen molar-refractivity contribution < 1.29 is 89.6 Å². The van der Waals surface area contributed by atoms with Crippen LogP contribution in [0.5, 0.6) is 0 Å². The highest BCUT2D eigenvalue weighted by atomic mass is 32.2. The van der Waals surface area contributed by atoms with E-state index in [2.05, 4.69) is 39.4 Å². The molecule has 91 heavy (non-hydrogen) atoms. The number of sulfone groups is 2. The molecule has 8 aliphatic carbocycles. The molecule has 9 aliphatic rings. The molecule has 524 valence electrons. The summed E-state index contributed by atoms with van der Waals surface area (Å²) >= 11 is 0. The SMILES string of the molecule is C.C.C[C@H](CC(C[C@H](O)C(F)(F)F)S(=O)(=O)c1ccccc1)[C@H]1CC[C@H]2[C@@H]3CC[C@H]4C[C@](O)(C(F)(F)F)CC[C@]4(C)[C@H]3CC[C@]12C.C[C@H](CCS(=O)(=O)c1ccccc1)[C@H]1CC[C@H]2[C@@H]3CC[C@H]4C[C@](O)(C(F)(F)F)CC[C@]4(C)[C@H]3CC[C@]12C.FC(F)(F)[C@@H]1CO1.S. The summed E-state index contributed by atoms with van der Waals surface area (Å²) in [5, 5.41) is 29.5. The molecule has 0 amide bonds. The maximum atomic E-state index is 13.7. The molecule has 2 aromatic rings. The third-order valence-electron chi connectivity index (χ3n) is 25.7. The molecular weight excluding hydrogens is 1270 g/mol. The first-order valence-electron chi connectivity index (χ1n) is 32.1. The Morgan fingerprint density at radius 2 is 0.923 bits per heavy atom. The number of aliphatic hydroxyl groups excluding tert-OH is 1. The Bertz CT molecular complexity index is 2950. The van der Waals surface area contributed by atoms with E-state index in [-0.39, 0.29) is 129 Å². The predicted octanol–water partition coefficient (Wildman–Crippen LogP) is 17.9. The van der Waals surface area contributed by atoms with Gasteiger partial charge < -0.3 is 20.1 Å². The van der Waals surface area contributed by atoms with E-state index in [9.17, 15) is 84.8 Å². The summed E-state index contributed by atoms with van der Waals surface area (Å²) in [5.41, 5.74) is -5.56. The molecule has 0 bridgehead atoms. The number of fused-ring (bicyclic) bond motifs is 10. The van der Waals surface area contributed by atoms with Crippen LogP contribution in [0.2, 0.25) is 0 Å². The summed E-state index contributed by atoms with van der Waals surface area (Å²) in [5.74, 6) is 2.95. The van der Waals surface area contributed by atoms with Crippen LogP contribution in [0, 0.1) is 92.7 Å². The molecule has 11 rings (SSSR count). The molecule has 1 unspecified atom stereocenters. The minimum atomic E-state index is -4.93. The number of benzene rings is 2. The summed E-state index contributed by atoms with van der Waals surface area (Å²) in [6.45, 7) is 13.0. The van der Waals surface area contributed by atoms with E-state index in [0.29, 0.717) is 72.0 Å². The monoisotopic (exact) mass is 1370 g/mol. The molecule has 0 spiro atoms. The maximum absolute atomic E-state index is 13.7. The molecule has 9 fully saturated rings. The Kier molecular flexibility index (Phi) is 23.5. The Balaban J connectivity index is 0.000000256. The molecule has 1 saturated heterocycles. The average Bonchev–Trinajstić information content (AvgIpc) is 1.71. The summed E-state index contributed by atoms with van der Waals surface area (Å²) in [6, 6.07) is 16.1. The molecular formula is C68H102F12O8S3. The van der Waals surface area contributed by atoms with Gasteiger partial charge in [0, 0.05) is 0 Å². The fraction of sp³-hybridized carbons (Fsp3) is 0.824. The third-order valence-corrected chi connectivity index (χ3v) is 29.6. The molecule has 1 aliphatic heterocycles. The smallest absolute Gasteiger partial charge is 0.384 e. The Morgan fingerprint density at radius 3 is 1.30 bits per heavy atom. The van der Waals surface area contributed by atoms with E-state index in [1.165, 1.54) is 24.3 Å². The van der Waals surface area contributed by atoms with E-state index in [1.807, 2.05) is 13.0 Å². The molecule has 23 heteroatoms. The van der Waals surface area contributed by atoms with Gasteiger partial charge in [-0.25, -0.2) is 16.8 Å². The third kappa shape index (κ3) is 15.1. The second-order valence-electron chi connectivity index (χ2n) is 30.0. The van der Waals surface area contributed by atoms with Crippen LogP contribution in [0.25, 0.3) is 0 Å². The van der Waals surface area contributed by atoms with E-state index in [0.717, 1.165) is 70.6 Å². The van der Waals surface area contributed by atoms with Gasteiger partial charge in [0.05, 0.1) is 27.4 Å². The number of hydrogen-bond donors (Lipinski definition) is 3. The standard InChI is InChI=1S/C33H46F6O4S.C30H43F3O3S.C3H3F3O.2CH4.H2S/c1-20(17-23(18-28(40)32(34,35)36)44(42,43)22-7-5-4-6-8-22)25-11-12-26-24-10-9-21-19-31(41,33(37,38)39)16-15-29(21,2)27(24)13-14-30(25,26)3;1-20(14-18-37(35,36)22-7-5-4-6-8-22)24-11-12-25-23-10-9-21-19-29(34,30(31,32)33)17-16-27(21,2)26(23)13-15-28(24,25)3;4-3(5,6)2-1-7-2;;;/h4-8,20-21,23-28,40-41H,9-19H2,1-3H3;4-8,20-21,23-26,34H,9-19H2,1-3H3;2H,1H2;2*1H4;1H2/t20-,21+,23?,24+,25-,26+,27+,28+,29+,30-,31+;20-,21+,23+,24-,25+,26+,27+,28-,29+;2-;;;/m110.../s1. The minimum absolute atomic E-state index is 0. The van der Waals surface area contributed by atoms with Crippen LogP contribution in [-0.4, -0.2) is 97.9 Å². The van der Waals surface area contributed by atoms with Crippen molar-refractivity contribution in [2.45, 2.75) is 254 Å². The zero-order valence-corrected chi connectivity index (χ0v) is 54.6. The summed E-state index contributed by atoms with van der Waals surface area (Å²) < 4.78 is 213. The van der Waals surface area contributed by atoms with Gasteiger partial charge in [-0.2, -0.15) is 66.2 Å². The van der Waals surface area contributed by atoms with Gasteiger partial charge in [-0.1, -0.05) is 92.8 Å². The lowest BCUT2D eigenvalue weighted by Gasteiger charge is -2.62. The van der Waals surface area contributed by atoms with Crippen molar-refractivity contribution in [2.24, 2.45) is 92.7 Å². The van der Waals surface area contributed by atoms with Crippen molar-refractivity contribution in [1.82, 2.24) is 0 Å². The highest BCUT2D eigenvalue weighted by Crippen LogP contribution is 2.72. The highest BCUT2D eigenvalue weighted by Gasteiger charge is 2.68. The van der Waals surface area contributed by atoms with Crippen LogP contribution in [0.3, 0.4) is 0 Å². The topological polar surface area (TPSA) is 141 Å². The zero-order valence-electron chi connectivity index (χ0n) is 51.9. The quantitative estimate of drug-likeness (QED) is 0.141.